The second-order valence-corrected chi connectivity index (χ2v) is 7.82. The van der Waals surface area contributed by atoms with Gasteiger partial charge in [0.25, 0.3) is 0 Å². The van der Waals surface area contributed by atoms with E-state index in [0.717, 1.165) is 45.4 Å². The van der Waals surface area contributed by atoms with E-state index in [4.69, 9.17) is 0 Å². The SMILES string of the molecule is CCC(C)NC(=O)C(C1CCCC1)N1CCN(C(=O)C(C)C)CC1. The first-order chi connectivity index (χ1) is 11.4. The Morgan fingerprint density at radius 3 is 2.12 bits per heavy atom. The Morgan fingerprint density at radius 2 is 1.62 bits per heavy atom. The molecule has 1 aliphatic carbocycles. The molecule has 2 unspecified atom stereocenters. The van der Waals surface area contributed by atoms with Crippen molar-refractivity contribution in [3.05, 3.63) is 0 Å². The van der Waals surface area contributed by atoms with Crippen LogP contribution < -0.4 is 5.32 Å². The summed E-state index contributed by atoms with van der Waals surface area (Å²) in [5.41, 5.74) is 0. The fourth-order valence-corrected chi connectivity index (χ4v) is 3.97. The summed E-state index contributed by atoms with van der Waals surface area (Å²) in [6.07, 6.45) is 5.75. The van der Waals surface area contributed by atoms with Crippen molar-refractivity contribution in [2.45, 2.75) is 71.9 Å². The van der Waals surface area contributed by atoms with E-state index in [1.54, 1.807) is 0 Å². The van der Waals surface area contributed by atoms with Gasteiger partial charge in [-0.1, -0.05) is 33.6 Å². The minimum Gasteiger partial charge on any atom is -0.352 e. The molecule has 0 radical (unpaired) electrons. The molecule has 2 rings (SSSR count). The predicted octanol–water partition coefficient (Wildman–Crippen LogP) is 2.26. The van der Waals surface area contributed by atoms with Gasteiger partial charge >= 0.3 is 0 Å². The predicted molar refractivity (Wildman–Crippen MR) is 96.6 cm³/mol. The molecule has 138 valence electrons. The molecule has 2 amide bonds. The standard InChI is InChI=1S/C19H35N3O2/c1-5-15(4)20-18(23)17(16-8-6-7-9-16)21-10-12-22(13-11-21)19(24)14(2)3/h14-17H,5-13H2,1-4H3,(H,20,23). The van der Waals surface area contributed by atoms with Crippen LogP contribution in [0.5, 0.6) is 0 Å². The second kappa shape index (κ2) is 8.84. The monoisotopic (exact) mass is 337 g/mol. The first-order valence-electron chi connectivity index (χ1n) is 9.77. The molecule has 0 aromatic heterocycles. The van der Waals surface area contributed by atoms with E-state index in [2.05, 4.69) is 24.1 Å². The Kier molecular flexibility index (Phi) is 7.08. The molecule has 24 heavy (non-hydrogen) atoms. The highest BCUT2D eigenvalue weighted by Gasteiger charge is 2.37. The quantitative estimate of drug-likeness (QED) is 0.809. The van der Waals surface area contributed by atoms with Crippen LogP contribution in [0.2, 0.25) is 0 Å². The van der Waals surface area contributed by atoms with Crippen LogP contribution >= 0.6 is 0 Å². The zero-order valence-corrected chi connectivity index (χ0v) is 15.9. The maximum atomic E-state index is 12.9. The molecule has 1 N–H and O–H groups in total. The zero-order chi connectivity index (χ0) is 17.7. The minimum atomic E-state index is -0.0159. The smallest absolute Gasteiger partial charge is 0.237 e. The molecule has 0 bridgehead atoms. The summed E-state index contributed by atoms with van der Waals surface area (Å²) in [5.74, 6) is 0.952. The van der Waals surface area contributed by atoms with Crippen LogP contribution in [0, 0.1) is 11.8 Å². The highest BCUT2D eigenvalue weighted by Crippen LogP contribution is 2.31. The van der Waals surface area contributed by atoms with Gasteiger partial charge in [-0.3, -0.25) is 14.5 Å². The van der Waals surface area contributed by atoms with Crippen LogP contribution in [0.4, 0.5) is 0 Å². The van der Waals surface area contributed by atoms with E-state index >= 15 is 0 Å². The van der Waals surface area contributed by atoms with Gasteiger partial charge in [0.2, 0.25) is 11.8 Å². The summed E-state index contributed by atoms with van der Waals surface area (Å²) in [6, 6.07) is 0.211. The van der Waals surface area contributed by atoms with E-state index < -0.39 is 0 Å². The third-order valence-corrected chi connectivity index (χ3v) is 5.63. The molecule has 5 nitrogen and oxygen atoms in total. The van der Waals surface area contributed by atoms with E-state index in [1.165, 1.54) is 12.8 Å². The van der Waals surface area contributed by atoms with Gasteiger partial charge in [0.05, 0.1) is 6.04 Å². The van der Waals surface area contributed by atoms with Gasteiger partial charge in [-0.25, -0.2) is 0 Å². The molecule has 0 aromatic rings. The van der Waals surface area contributed by atoms with Gasteiger partial charge in [0, 0.05) is 38.1 Å². The largest absolute Gasteiger partial charge is 0.352 e. The molecule has 1 saturated carbocycles. The third kappa shape index (κ3) is 4.71. The number of nitrogens with zero attached hydrogens (tertiary/aromatic N) is 2. The lowest BCUT2D eigenvalue weighted by Gasteiger charge is -2.41. The number of carbonyl (C=O) groups excluding carboxylic acids is 2. The van der Waals surface area contributed by atoms with E-state index in [1.807, 2.05) is 18.7 Å². The maximum Gasteiger partial charge on any atom is 0.237 e. The van der Waals surface area contributed by atoms with Crippen molar-refractivity contribution in [3.8, 4) is 0 Å². The van der Waals surface area contributed by atoms with Gasteiger partial charge < -0.3 is 10.2 Å². The number of nitrogens with one attached hydrogen (secondary N) is 1. The number of rotatable bonds is 6. The van der Waals surface area contributed by atoms with E-state index in [0.29, 0.717) is 5.92 Å². The van der Waals surface area contributed by atoms with Crippen molar-refractivity contribution in [1.82, 2.24) is 15.1 Å². The molecule has 2 atom stereocenters. The summed E-state index contributed by atoms with van der Waals surface area (Å²) in [5, 5.41) is 3.19. The molecule has 2 aliphatic rings. The number of piperazine rings is 1. The molecule has 5 heteroatoms. The Hall–Kier alpha value is -1.10. The lowest BCUT2D eigenvalue weighted by Crippen LogP contribution is -2.59. The van der Waals surface area contributed by atoms with Gasteiger partial charge in [-0.15, -0.1) is 0 Å². The van der Waals surface area contributed by atoms with Crippen molar-refractivity contribution < 1.29 is 9.59 Å². The summed E-state index contributed by atoms with van der Waals surface area (Å²) >= 11 is 0. The molecule has 0 spiro atoms. The molecular weight excluding hydrogens is 302 g/mol. The van der Waals surface area contributed by atoms with E-state index in [-0.39, 0.29) is 29.8 Å². The Bertz CT molecular complexity index is 424. The maximum absolute atomic E-state index is 12.9. The van der Waals surface area contributed by atoms with Gasteiger partial charge in [-0.05, 0) is 32.1 Å². The van der Waals surface area contributed by atoms with Crippen LogP contribution in [0.15, 0.2) is 0 Å². The zero-order valence-electron chi connectivity index (χ0n) is 15.9. The fraction of sp³-hybridized carbons (Fsp3) is 0.895. The lowest BCUT2D eigenvalue weighted by molar-refractivity contribution is -0.138. The van der Waals surface area contributed by atoms with Crippen LogP contribution in [0.3, 0.4) is 0 Å². The summed E-state index contributed by atoms with van der Waals surface area (Å²) in [6.45, 7) is 11.2. The summed E-state index contributed by atoms with van der Waals surface area (Å²) < 4.78 is 0. The average molecular weight is 338 g/mol. The molecular formula is C19H35N3O2. The van der Waals surface area contributed by atoms with Gasteiger partial charge in [-0.2, -0.15) is 0 Å². The van der Waals surface area contributed by atoms with Gasteiger partial charge in [0.15, 0.2) is 0 Å². The molecule has 1 heterocycles. The second-order valence-electron chi connectivity index (χ2n) is 7.82. The van der Waals surface area contributed by atoms with Crippen molar-refractivity contribution in [1.29, 1.82) is 0 Å². The number of hydrogen-bond donors (Lipinski definition) is 1. The Labute approximate surface area is 147 Å². The summed E-state index contributed by atoms with van der Waals surface area (Å²) in [4.78, 5) is 29.4. The van der Waals surface area contributed by atoms with Gasteiger partial charge in [0.1, 0.15) is 0 Å². The van der Waals surface area contributed by atoms with Crippen molar-refractivity contribution in [2.75, 3.05) is 26.2 Å². The fourth-order valence-electron chi connectivity index (χ4n) is 3.97. The first-order valence-corrected chi connectivity index (χ1v) is 9.77. The molecule has 1 aliphatic heterocycles. The normalized spacial score (nSPS) is 22.6. The summed E-state index contributed by atoms with van der Waals surface area (Å²) in [7, 11) is 0. The highest BCUT2D eigenvalue weighted by atomic mass is 16.2. The molecule has 2 fully saturated rings. The van der Waals surface area contributed by atoms with Crippen molar-refractivity contribution >= 4 is 11.8 Å². The van der Waals surface area contributed by atoms with Crippen molar-refractivity contribution in [2.24, 2.45) is 11.8 Å². The van der Waals surface area contributed by atoms with Crippen LogP contribution in [0.1, 0.15) is 59.8 Å². The Morgan fingerprint density at radius 1 is 1.04 bits per heavy atom. The average Bonchev–Trinajstić information content (AvgIpc) is 3.08. The van der Waals surface area contributed by atoms with Crippen LogP contribution in [-0.2, 0) is 9.59 Å². The molecule has 0 aromatic carbocycles. The first kappa shape index (κ1) is 19.2. The topological polar surface area (TPSA) is 52.7 Å². The Balaban J connectivity index is 2.00. The van der Waals surface area contributed by atoms with Crippen LogP contribution in [-0.4, -0.2) is 59.9 Å². The van der Waals surface area contributed by atoms with Crippen LogP contribution in [0.25, 0.3) is 0 Å². The lowest BCUT2D eigenvalue weighted by atomic mass is 9.94. The van der Waals surface area contributed by atoms with Crippen molar-refractivity contribution in [3.63, 3.8) is 0 Å². The molecule has 1 saturated heterocycles. The number of hydrogen-bond acceptors (Lipinski definition) is 3. The third-order valence-electron chi connectivity index (χ3n) is 5.63. The minimum absolute atomic E-state index is 0.0159. The van der Waals surface area contributed by atoms with E-state index in [9.17, 15) is 9.59 Å². The number of carbonyl (C=O) groups is 2. The number of amides is 2. The highest BCUT2D eigenvalue weighted by molar-refractivity contribution is 5.82.